The number of rotatable bonds is 7. The molecule has 2 aromatic heterocycles. The summed E-state index contributed by atoms with van der Waals surface area (Å²) >= 11 is 0.969. The fourth-order valence-corrected chi connectivity index (χ4v) is 4.44. The van der Waals surface area contributed by atoms with Gasteiger partial charge in [0.15, 0.2) is 23.3 Å². The number of halogens is 5. The van der Waals surface area contributed by atoms with E-state index in [1.807, 2.05) is 0 Å². The molecule has 0 spiro atoms. The van der Waals surface area contributed by atoms with Gasteiger partial charge in [-0.15, -0.1) is 0 Å². The van der Waals surface area contributed by atoms with Gasteiger partial charge in [-0.05, 0) is 25.3 Å². The van der Waals surface area contributed by atoms with Crippen molar-refractivity contribution in [1.82, 2.24) is 15.0 Å². The van der Waals surface area contributed by atoms with Gasteiger partial charge in [-0.2, -0.15) is 0 Å². The first-order chi connectivity index (χ1) is 17.0. The zero-order chi connectivity index (χ0) is 26.2. The van der Waals surface area contributed by atoms with Gasteiger partial charge in [0.25, 0.3) is 5.56 Å². The minimum Gasteiger partial charge on any atom is -0.808 e. The standard InChI is InChI=1S/C21H13F5N3O5PS.2Na/c22-14-11(15(23)17(25)18(26)16(14)24)7-34-10-2-1-9(3-4-35(31,32)33)12(5-10)36-13-6-27-20-19(13)28-8-29-21(20)30;;/h1-6,8,27H,7H2,(H,28,29,30)(H2,31,32,33);;/q;2*+1/p-2/b4-3+;;. The van der Waals surface area contributed by atoms with Gasteiger partial charge in [0, 0.05) is 11.1 Å². The molecule has 2 heterocycles. The van der Waals surface area contributed by atoms with Gasteiger partial charge in [-0.25, -0.2) is 26.9 Å². The summed E-state index contributed by atoms with van der Waals surface area (Å²) < 4.78 is 84.4. The van der Waals surface area contributed by atoms with Gasteiger partial charge in [0.05, 0.1) is 16.8 Å². The first-order valence-electron chi connectivity index (χ1n) is 9.67. The first-order valence-corrected chi connectivity index (χ1v) is 12.1. The third kappa shape index (κ3) is 7.19. The average Bonchev–Trinajstić information content (AvgIpc) is 3.24. The molecule has 4 rings (SSSR count). The molecule has 0 aliphatic rings. The van der Waals surface area contributed by atoms with Crippen LogP contribution in [0, 0.1) is 29.1 Å². The van der Waals surface area contributed by atoms with Gasteiger partial charge in [0.1, 0.15) is 23.4 Å². The van der Waals surface area contributed by atoms with Crippen molar-refractivity contribution < 1.29 is 100 Å². The van der Waals surface area contributed by atoms with Crippen LogP contribution in [-0.2, 0) is 11.2 Å². The molecule has 17 heteroatoms. The van der Waals surface area contributed by atoms with Crippen molar-refractivity contribution in [3.05, 3.63) is 87.1 Å². The number of hydrogen-bond acceptors (Lipinski definition) is 7. The monoisotopic (exact) mass is 589 g/mol. The number of aromatic amines is 2. The van der Waals surface area contributed by atoms with E-state index in [1.54, 1.807) is 0 Å². The summed E-state index contributed by atoms with van der Waals surface area (Å²) in [5, 5.41) is 0. The van der Waals surface area contributed by atoms with E-state index < -0.39 is 54.4 Å². The van der Waals surface area contributed by atoms with Crippen LogP contribution in [0.3, 0.4) is 0 Å². The fraction of sp³-hybridized carbons (Fsp3) is 0.0476. The van der Waals surface area contributed by atoms with Gasteiger partial charge in [-0.1, -0.05) is 29.7 Å². The maximum Gasteiger partial charge on any atom is 1.00 e. The zero-order valence-electron chi connectivity index (χ0n) is 19.5. The number of ether oxygens (including phenoxy) is 1. The van der Waals surface area contributed by atoms with Crippen LogP contribution in [0.2, 0.25) is 0 Å². The molecule has 0 saturated carbocycles. The van der Waals surface area contributed by atoms with Crippen molar-refractivity contribution in [2.75, 3.05) is 0 Å². The van der Waals surface area contributed by atoms with E-state index in [9.17, 15) is 41.1 Å². The van der Waals surface area contributed by atoms with Crippen molar-refractivity contribution in [3.63, 3.8) is 0 Å². The minimum atomic E-state index is -5.03. The molecule has 38 heavy (non-hydrogen) atoms. The number of nitrogens with zero attached hydrogens (tertiary/aromatic N) is 1. The summed E-state index contributed by atoms with van der Waals surface area (Å²) in [6.45, 7) is -1.02. The maximum absolute atomic E-state index is 14.0. The molecule has 0 aliphatic carbocycles. The maximum atomic E-state index is 14.0. The molecule has 8 nitrogen and oxygen atoms in total. The number of hydrogen-bond donors (Lipinski definition) is 2. The minimum absolute atomic E-state index is 0. The topological polar surface area (TPSA) is 134 Å². The van der Waals surface area contributed by atoms with Crippen LogP contribution in [0.15, 0.2) is 51.1 Å². The van der Waals surface area contributed by atoms with Crippen LogP contribution >= 0.6 is 19.4 Å². The molecule has 2 aromatic carbocycles. The van der Waals surface area contributed by atoms with E-state index in [0.29, 0.717) is 10.7 Å². The van der Waals surface area contributed by atoms with E-state index in [2.05, 4.69) is 15.0 Å². The van der Waals surface area contributed by atoms with E-state index in [4.69, 9.17) is 4.74 Å². The Kier molecular flexibility index (Phi) is 11.4. The smallest absolute Gasteiger partial charge is 0.808 e. The van der Waals surface area contributed by atoms with Crippen molar-refractivity contribution >= 4 is 36.5 Å². The second-order valence-corrected chi connectivity index (χ2v) is 9.56. The van der Waals surface area contributed by atoms with Gasteiger partial charge >= 0.3 is 59.1 Å². The van der Waals surface area contributed by atoms with Crippen LogP contribution < -0.4 is 79.2 Å². The van der Waals surface area contributed by atoms with E-state index in [-0.39, 0.29) is 86.4 Å². The molecule has 0 bridgehead atoms. The van der Waals surface area contributed by atoms with Gasteiger partial charge in [-0.3, -0.25) is 4.79 Å². The van der Waals surface area contributed by atoms with E-state index >= 15 is 0 Å². The Hall–Kier alpha value is -1.45. The second kappa shape index (κ2) is 13.3. The summed E-state index contributed by atoms with van der Waals surface area (Å²) in [6.07, 6.45) is 3.61. The SMILES string of the molecule is O=c1[nH]cnc2c(Sc3cc(OCc4c(F)c(F)c(F)c(F)c4F)ccc3/C=C/P(=O)([O-])[O-])c[nH]c12.[Na+].[Na+]. The van der Waals surface area contributed by atoms with E-state index in [1.165, 1.54) is 24.4 Å². The molecule has 2 N–H and O–H groups in total. The zero-order valence-corrected chi connectivity index (χ0v) is 25.2. The Morgan fingerprint density at radius 3 is 2.24 bits per heavy atom. The van der Waals surface area contributed by atoms with Crippen LogP contribution in [0.4, 0.5) is 22.0 Å². The Morgan fingerprint density at radius 1 is 0.974 bits per heavy atom. The van der Waals surface area contributed by atoms with Crippen molar-refractivity contribution in [3.8, 4) is 5.75 Å². The molecule has 4 aromatic rings. The molecule has 0 radical (unpaired) electrons. The Morgan fingerprint density at radius 2 is 1.61 bits per heavy atom. The Balaban J connectivity index is 0.00000253. The summed E-state index contributed by atoms with van der Waals surface area (Å²) in [7, 11) is -5.03. The molecule has 0 fully saturated rings. The van der Waals surface area contributed by atoms with Crippen molar-refractivity contribution in [1.29, 1.82) is 0 Å². The average molecular weight is 589 g/mol. The van der Waals surface area contributed by atoms with Crippen molar-refractivity contribution in [2.45, 2.75) is 16.4 Å². The summed E-state index contributed by atoms with van der Waals surface area (Å²) in [5.41, 5.74) is -1.02. The molecular weight excluding hydrogens is 578 g/mol. The quantitative estimate of drug-likeness (QED) is 0.0806. The Bertz CT molecular complexity index is 1600. The first kappa shape index (κ1) is 32.8. The molecule has 0 saturated heterocycles. The molecular formula is C21H11F5N3Na2O5PS. The van der Waals surface area contributed by atoms with E-state index in [0.717, 1.165) is 24.2 Å². The molecule has 188 valence electrons. The van der Waals surface area contributed by atoms with Crippen LogP contribution in [0.25, 0.3) is 17.1 Å². The fourth-order valence-electron chi connectivity index (χ4n) is 3.06. The predicted octanol–water partition coefficient (Wildman–Crippen LogP) is -2.43. The predicted molar refractivity (Wildman–Crippen MR) is 114 cm³/mol. The molecule has 0 aliphatic heterocycles. The van der Waals surface area contributed by atoms with Crippen LogP contribution in [-0.4, -0.2) is 15.0 Å². The van der Waals surface area contributed by atoms with Crippen LogP contribution in [0.1, 0.15) is 11.1 Å². The van der Waals surface area contributed by atoms with Crippen LogP contribution in [0.5, 0.6) is 5.75 Å². The number of nitrogens with one attached hydrogen (secondary N) is 2. The number of aromatic nitrogens is 3. The molecule has 0 unspecified atom stereocenters. The third-order valence-electron chi connectivity index (χ3n) is 4.76. The summed E-state index contributed by atoms with van der Waals surface area (Å²) in [6, 6.07) is 3.81. The Labute approximate surface area is 258 Å². The summed E-state index contributed by atoms with van der Waals surface area (Å²) in [5.74, 6) is -10.3. The molecule has 0 atom stereocenters. The normalized spacial score (nSPS) is 11.4. The number of H-pyrrole nitrogens is 2. The number of fused-ring (bicyclic) bond motifs is 1. The molecule has 0 amide bonds. The van der Waals surface area contributed by atoms with Crippen molar-refractivity contribution in [2.24, 2.45) is 0 Å². The largest absolute Gasteiger partial charge is 1.00 e. The third-order valence-corrected chi connectivity index (χ3v) is 6.38. The second-order valence-electron chi connectivity index (χ2n) is 7.10. The summed E-state index contributed by atoms with van der Waals surface area (Å²) in [4.78, 5) is 43.9. The van der Waals surface area contributed by atoms with Gasteiger partial charge < -0.3 is 29.1 Å². The number of benzene rings is 2. The van der Waals surface area contributed by atoms with Gasteiger partial charge in [0.2, 0.25) is 5.82 Å².